The fourth-order valence-corrected chi connectivity index (χ4v) is 3.26. The van der Waals surface area contributed by atoms with Crippen molar-refractivity contribution in [2.24, 2.45) is 0 Å². The third kappa shape index (κ3) is 3.63. The van der Waals surface area contributed by atoms with E-state index in [1.54, 1.807) is 30.3 Å². The molecule has 150 valence electrons. The minimum Gasteiger partial charge on any atom is -0.481 e. The highest BCUT2D eigenvalue weighted by Crippen LogP contribution is 2.36. The van der Waals surface area contributed by atoms with E-state index >= 15 is 0 Å². The lowest BCUT2D eigenvalue weighted by atomic mass is 10.0. The van der Waals surface area contributed by atoms with E-state index in [1.807, 2.05) is 6.92 Å². The molecule has 3 aromatic rings. The first-order chi connectivity index (χ1) is 14.1. The molecule has 0 amide bonds. The zero-order valence-electron chi connectivity index (χ0n) is 16.2. The lowest BCUT2D eigenvalue weighted by Crippen LogP contribution is -2.14. The molecule has 7 nitrogen and oxygen atoms in total. The molecule has 0 aliphatic carbocycles. The van der Waals surface area contributed by atoms with Gasteiger partial charge in [-0.25, -0.2) is 4.79 Å². The number of esters is 1. The number of hydrogen-bond acceptors (Lipinski definition) is 7. The minimum absolute atomic E-state index is 0.151. The highest BCUT2D eigenvalue weighted by molar-refractivity contribution is 5.84. The van der Waals surface area contributed by atoms with Gasteiger partial charge in [0.15, 0.2) is 18.1 Å². The summed E-state index contributed by atoms with van der Waals surface area (Å²) in [6.45, 7) is 1.98. The van der Waals surface area contributed by atoms with E-state index < -0.39 is 5.97 Å². The Morgan fingerprint density at radius 2 is 1.97 bits per heavy atom. The van der Waals surface area contributed by atoms with Crippen molar-refractivity contribution in [1.29, 1.82) is 0 Å². The molecule has 1 aliphatic rings. The second-order valence-corrected chi connectivity index (χ2v) is 6.62. The smallest absolute Gasteiger partial charge is 0.343 e. The summed E-state index contributed by atoms with van der Waals surface area (Å²) < 4.78 is 26.7. The third-order valence-corrected chi connectivity index (χ3v) is 4.73. The van der Waals surface area contributed by atoms with Gasteiger partial charge < -0.3 is 23.4 Å². The van der Waals surface area contributed by atoms with E-state index in [9.17, 15) is 9.59 Å². The average molecular weight is 396 g/mol. The summed E-state index contributed by atoms with van der Waals surface area (Å²) in [5.41, 5.74) is 2.19. The van der Waals surface area contributed by atoms with Crippen molar-refractivity contribution >= 4 is 16.9 Å². The van der Waals surface area contributed by atoms with Crippen molar-refractivity contribution in [2.75, 3.05) is 20.5 Å². The van der Waals surface area contributed by atoms with Crippen LogP contribution in [0.2, 0.25) is 0 Å². The van der Waals surface area contributed by atoms with Gasteiger partial charge in [-0.1, -0.05) is 19.4 Å². The maximum Gasteiger partial charge on any atom is 0.343 e. The van der Waals surface area contributed by atoms with Gasteiger partial charge in [-0.2, -0.15) is 0 Å². The van der Waals surface area contributed by atoms with Gasteiger partial charge in [0.25, 0.3) is 0 Å². The maximum atomic E-state index is 13.2. The van der Waals surface area contributed by atoms with E-state index in [0.717, 1.165) is 12.0 Å². The van der Waals surface area contributed by atoms with Crippen LogP contribution in [-0.2, 0) is 16.0 Å². The Kier molecular flexibility index (Phi) is 5.12. The van der Waals surface area contributed by atoms with Gasteiger partial charge >= 0.3 is 5.97 Å². The van der Waals surface area contributed by atoms with Crippen molar-refractivity contribution in [3.05, 3.63) is 52.4 Å². The van der Waals surface area contributed by atoms with E-state index in [0.29, 0.717) is 45.8 Å². The van der Waals surface area contributed by atoms with Gasteiger partial charge in [0.1, 0.15) is 17.6 Å². The molecule has 1 aliphatic heterocycles. The van der Waals surface area contributed by atoms with Crippen LogP contribution in [0, 0.1) is 0 Å². The van der Waals surface area contributed by atoms with Crippen molar-refractivity contribution in [3.63, 3.8) is 0 Å². The first-order valence-electron chi connectivity index (χ1n) is 9.28. The fourth-order valence-electron chi connectivity index (χ4n) is 3.26. The highest BCUT2D eigenvalue weighted by atomic mass is 16.7. The van der Waals surface area contributed by atoms with Gasteiger partial charge in [0.2, 0.25) is 12.2 Å². The van der Waals surface area contributed by atoms with Crippen LogP contribution in [-0.4, -0.2) is 26.5 Å². The molecule has 0 saturated heterocycles. The molecular formula is C22H20O7. The molecule has 0 atom stereocenters. The largest absolute Gasteiger partial charge is 0.481 e. The Hall–Kier alpha value is -3.48. The van der Waals surface area contributed by atoms with Crippen LogP contribution in [0.25, 0.3) is 22.1 Å². The van der Waals surface area contributed by atoms with Crippen LogP contribution in [0.15, 0.2) is 45.8 Å². The monoisotopic (exact) mass is 396 g/mol. The molecule has 7 heteroatoms. The van der Waals surface area contributed by atoms with E-state index in [4.69, 9.17) is 18.6 Å². The van der Waals surface area contributed by atoms with E-state index in [1.165, 1.54) is 13.4 Å². The molecule has 29 heavy (non-hydrogen) atoms. The molecule has 0 saturated carbocycles. The molecule has 0 spiro atoms. The molecule has 2 heterocycles. The third-order valence-electron chi connectivity index (χ3n) is 4.73. The Morgan fingerprint density at radius 3 is 2.76 bits per heavy atom. The molecule has 1 aromatic heterocycles. The Bertz CT molecular complexity index is 1130. The molecular weight excluding hydrogens is 376 g/mol. The van der Waals surface area contributed by atoms with Gasteiger partial charge in [-0.05, 0) is 35.7 Å². The number of carbonyl (C=O) groups is 1. The van der Waals surface area contributed by atoms with Crippen LogP contribution in [0.1, 0.15) is 18.9 Å². The maximum absolute atomic E-state index is 13.2. The van der Waals surface area contributed by atoms with Crippen LogP contribution < -0.4 is 19.6 Å². The summed E-state index contributed by atoms with van der Waals surface area (Å²) in [4.78, 5) is 24.6. The number of carbonyl (C=O) groups excluding carboxylic acids is 1. The summed E-state index contributed by atoms with van der Waals surface area (Å²) in [7, 11) is 1.30. The second-order valence-electron chi connectivity index (χ2n) is 6.62. The van der Waals surface area contributed by atoms with Crippen molar-refractivity contribution < 1.29 is 28.2 Å². The summed E-state index contributed by atoms with van der Waals surface area (Å²) >= 11 is 0. The first kappa shape index (κ1) is 18.9. The van der Waals surface area contributed by atoms with E-state index in [-0.39, 0.29) is 18.8 Å². The van der Waals surface area contributed by atoms with Crippen LogP contribution in [0.4, 0.5) is 0 Å². The highest BCUT2D eigenvalue weighted by Gasteiger charge is 2.18. The van der Waals surface area contributed by atoms with Gasteiger partial charge in [-0.15, -0.1) is 0 Å². The summed E-state index contributed by atoms with van der Waals surface area (Å²) in [6, 6.07) is 8.75. The number of methoxy groups -OCH3 is 1. The normalized spacial score (nSPS) is 12.2. The molecule has 0 unspecified atom stereocenters. The van der Waals surface area contributed by atoms with Gasteiger partial charge in [0.05, 0.1) is 18.1 Å². The van der Waals surface area contributed by atoms with Crippen molar-refractivity contribution in [1.82, 2.24) is 0 Å². The Morgan fingerprint density at radius 1 is 1.14 bits per heavy atom. The average Bonchev–Trinajstić information content (AvgIpc) is 3.20. The van der Waals surface area contributed by atoms with Crippen molar-refractivity contribution in [2.45, 2.75) is 19.8 Å². The fraction of sp³-hybridized carbons (Fsp3) is 0.273. The first-order valence-corrected chi connectivity index (χ1v) is 9.28. The lowest BCUT2D eigenvalue weighted by Gasteiger charge is -2.12. The predicted octanol–water partition coefficient (Wildman–Crippen LogP) is 3.69. The molecule has 0 N–H and O–H groups in total. The topological polar surface area (TPSA) is 84.2 Å². The number of benzene rings is 2. The number of ether oxygens (including phenoxy) is 4. The van der Waals surface area contributed by atoms with E-state index in [2.05, 4.69) is 4.74 Å². The molecule has 4 rings (SSSR count). The summed E-state index contributed by atoms with van der Waals surface area (Å²) in [5, 5.41) is 0.453. The van der Waals surface area contributed by atoms with Crippen LogP contribution in [0.5, 0.6) is 17.2 Å². The van der Waals surface area contributed by atoms with Crippen LogP contribution >= 0.6 is 0 Å². The number of aryl methyl sites for hydroxylation is 1. The zero-order valence-corrected chi connectivity index (χ0v) is 16.2. The molecule has 0 radical (unpaired) electrons. The number of rotatable bonds is 6. The molecule has 2 aromatic carbocycles. The number of fused-ring (bicyclic) bond motifs is 2. The molecule has 0 fully saturated rings. The zero-order chi connectivity index (χ0) is 20.4. The summed E-state index contributed by atoms with van der Waals surface area (Å²) in [5.74, 6) is 1.27. The molecule has 0 bridgehead atoms. The SMILES string of the molecule is CCCc1cc2c(=O)c(-c3ccc4c(c3)OCO4)coc2cc1OCC(=O)OC. The van der Waals surface area contributed by atoms with Gasteiger partial charge in [-0.3, -0.25) is 4.79 Å². The second kappa shape index (κ2) is 7.87. The lowest BCUT2D eigenvalue weighted by molar-refractivity contribution is -0.142. The predicted molar refractivity (Wildman–Crippen MR) is 106 cm³/mol. The van der Waals surface area contributed by atoms with Crippen molar-refractivity contribution in [3.8, 4) is 28.4 Å². The quantitative estimate of drug-likeness (QED) is 0.588. The Labute approximate surface area is 166 Å². The standard InChI is InChI=1S/C22H20O7/c1-3-4-14-7-15-19(9-18(14)27-11-21(23)25-2)26-10-16(22(15)24)13-5-6-17-20(8-13)29-12-28-17/h5-10H,3-4,11-12H2,1-2H3. The van der Waals surface area contributed by atoms with Gasteiger partial charge in [0, 0.05) is 6.07 Å². The van der Waals surface area contributed by atoms with Crippen LogP contribution in [0.3, 0.4) is 0 Å². The number of hydrogen-bond donors (Lipinski definition) is 0. The minimum atomic E-state index is -0.479. The summed E-state index contributed by atoms with van der Waals surface area (Å²) in [6.07, 6.45) is 2.97. The Balaban J connectivity index is 1.77.